The minimum absolute atomic E-state index is 0.00325. The van der Waals surface area contributed by atoms with Gasteiger partial charge < -0.3 is 5.32 Å². The van der Waals surface area contributed by atoms with Crippen molar-refractivity contribution in [3.63, 3.8) is 0 Å². The Morgan fingerprint density at radius 2 is 2.27 bits per heavy atom. The standard InChI is InChI=1S/C15H20N4O2S/c20-14(16-8-7-12-5-4-10-22-12)11-19-15(21)18-9-3-1-2-6-13(18)17-19/h4-5,10H,1-3,6-9,11H2,(H,16,20). The quantitative estimate of drug-likeness (QED) is 0.900. The Bertz CT molecular complexity index is 687. The molecule has 1 aliphatic heterocycles. The van der Waals surface area contributed by atoms with Crippen LogP contribution in [0.1, 0.15) is 30.0 Å². The molecule has 0 saturated heterocycles. The molecule has 0 spiro atoms. The number of nitrogens with zero attached hydrogens (tertiary/aromatic N) is 3. The molecule has 0 saturated carbocycles. The first-order chi connectivity index (χ1) is 10.7. The van der Waals surface area contributed by atoms with E-state index in [1.807, 2.05) is 17.5 Å². The van der Waals surface area contributed by atoms with Crippen molar-refractivity contribution >= 4 is 17.2 Å². The smallest absolute Gasteiger partial charge is 0.346 e. The highest BCUT2D eigenvalue weighted by atomic mass is 32.1. The van der Waals surface area contributed by atoms with Gasteiger partial charge in [0.05, 0.1) is 0 Å². The maximum atomic E-state index is 12.2. The van der Waals surface area contributed by atoms with Crippen molar-refractivity contribution in [1.82, 2.24) is 19.7 Å². The van der Waals surface area contributed by atoms with Crippen LogP contribution in [-0.2, 0) is 30.7 Å². The molecular weight excluding hydrogens is 300 g/mol. The molecule has 3 rings (SSSR count). The summed E-state index contributed by atoms with van der Waals surface area (Å²) in [4.78, 5) is 25.4. The minimum Gasteiger partial charge on any atom is -0.354 e. The van der Waals surface area contributed by atoms with Gasteiger partial charge in [0, 0.05) is 24.4 Å². The van der Waals surface area contributed by atoms with E-state index in [4.69, 9.17) is 0 Å². The first kappa shape index (κ1) is 15.0. The lowest BCUT2D eigenvalue weighted by Gasteiger charge is -2.03. The molecule has 2 aromatic rings. The van der Waals surface area contributed by atoms with Crippen molar-refractivity contribution in [3.8, 4) is 0 Å². The van der Waals surface area contributed by atoms with Crippen LogP contribution in [-0.4, -0.2) is 26.8 Å². The number of amides is 1. The number of rotatable bonds is 5. The van der Waals surface area contributed by atoms with E-state index in [1.165, 1.54) is 9.56 Å². The number of fused-ring (bicyclic) bond motifs is 1. The minimum atomic E-state index is -0.162. The lowest BCUT2D eigenvalue weighted by Crippen LogP contribution is -2.34. The second kappa shape index (κ2) is 6.91. The summed E-state index contributed by atoms with van der Waals surface area (Å²) in [6.45, 7) is 1.30. The third-order valence-corrected chi connectivity index (χ3v) is 4.78. The first-order valence-corrected chi connectivity index (χ1v) is 8.57. The van der Waals surface area contributed by atoms with Crippen LogP contribution in [0.3, 0.4) is 0 Å². The Kier molecular flexibility index (Phi) is 4.72. The Balaban J connectivity index is 1.56. The van der Waals surface area contributed by atoms with Crippen molar-refractivity contribution in [2.45, 2.75) is 45.2 Å². The summed E-state index contributed by atoms with van der Waals surface area (Å²) in [5.74, 6) is 0.654. The van der Waals surface area contributed by atoms with Crippen LogP contribution >= 0.6 is 11.3 Å². The summed E-state index contributed by atoms with van der Waals surface area (Å²) >= 11 is 1.68. The normalized spacial score (nSPS) is 14.4. The van der Waals surface area contributed by atoms with Crippen molar-refractivity contribution < 1.29 is 4.79 Å². The van der Waals surface area contributed by atoms with Crippen LogP contribution in [0.4, 0.5) is 0 Å². The summed E-state index contributed by atoms with van der Waals surface area (Å²) < 4.78 is 3.01. The molecule has 22 heavy (non-hydrogen) atoms. The summed E-state index contributed by atoms with van der Waals surface area (Å²) in [7, 11) is 0. The van der Waals surface area contributed by atoms with Crippen molar-refractivity contribution in [1.29, 1.82) is 0 Å². The number of hydrogen-bond donors (Lipinski definition) is 1. The van der Waals surface area contributed by atoms with Crippen LogP contribution in [0, 0.1) is 0 Å². The zero-order valence-electron chi connectivity index (χ0n) is 12.5. The summed E-state index contributed by atoms with van der Waals surface area (Å²) in [5, 5.41) is 9.19. The van der Waals surface area contributed by atoms with Crippen LogP contribution in [0.2, 0.25) is 0 Å². The molecule has 118 valence electrons. The molecule has 2 aromatic heterocycles. The Hall–Kier alpha value is -1.89. The summed E-state index contributed by atoms with van der Waals surface area (Å²) in [6.07, 6.45) is 4.83. The lowest BCUT2D eigenvalue weighted by molar-refractivity contribution is -0.121. The fraction of sp³-hybridized carbons (Fsp3) is 0.533. The van der Waals surface area contributed by atoms with Gasteiger partial charge in [-0.1, -0.05) is 12.5 Å². The van der Waals surface area contributed by atoms with Gasteiger partial charge in [-0.05, 0) is 30.7 Å². The van der Waals surface area contributed by atoms with E-state index in [0.717, 1.165) is 37.9 Å². The Morgan fingerprint density at radius 3 is 3.09 bits per heavy atom. The van der Waals surface area contributed by atoms with E-state index in [9.17, 15) is 9.59 Å². The molecule has 7 heteroatoms. The van der Waals surface area contributed by atoms with Gasteiger partial charge >= 0.3 is 5.69 Å². The molecule has 0 radical (unpaired) electrons. The lowest BCUT2D eigenvalue weighted by atomic mass is 10.2. The molecule has 0 bridgehead atoms. The van der Waals surface area contributed by atoms with Gasteiger partial charge in [-0.15, -0.1) is 11.3 Å². The van der Waals surface area contributed by atoms with Crippen LogP contribution in [0.25, 0.3) is 0 Å². The molecule has 0 atom stereocenters. The van der Waals surface area contributed by atoms with Gasteiger partial charge in [0.2, 0.25) is 5.91 Å². The number of carbonyl (C=O) groups excluding carboxylic acids is 1. The second-order valence-corrected chi connectivity index (χ2v) is 6.53. The third-order valence-electron chi connectivity index (χ3n) is 3.85. The highest BCUT2D eigenvalue weighted by Crippen LogP contribution is 2.10. The molecule has 3 heterocycles. The fourth-order valence-corrected chi connectivity index (χ4v) is 3.41. The highest BCUT2D eigenvalue weighted by molar-refractivity contribution is 7.09. The number of nitrogens with one attached hydrogen (secondary N) is 1. The Morgan fingerprint density at radius 1 is 1.36 bits per heavy atom. The molecule has 0 aromatic carbocycles. The molecule has 0 fully saturated rings. The van der Waals surface area contributed by atoms with E-state index in [0.29, 0.717) is 13.1 Å². The largest absolute Gasteiger partial charge is 0.354 e. The van der Waals surface area contributed by atoms with E-state index < -0.39 is 0 Å². The number of hydrogen-bond acceptors (Lipinski definition) is 4. The number of aromatic nitrogens is 3. The third kappa shape index (κ3) is 3.47. The summed E-state index contributed by atoms with van der Waals surface area (Å²) in [6, 6.07) is 4.05. The molecular formula is C15H20N4O2S. The van der Waals surface area contributed by atoms with E-state index in [1.54, 1.807) is 15.9 Å². The predicted molar refractivity (Wildman–Crippen MR) is 85.1 cm³/mol. The zero-order chi connectivity index (χ0) is 15.4. The van der Waals surface area contributed by atoms with E-state index in [2.05, 4.69) is 10.4 Å². The topological polar surface area (TPSA) is 68.9 Å². The molecule has 6 nitrogen and oxygen atoms in total. The molecule has 0 unspecified atom stereocenters. The fourth-order valence-electron chi connectivity index (χ4n) is 2.70. The van der Waals surface area contributed by atoms with E-state index in [-0.39, 0.29) is 18.1 Å². The van der Waals surface area contributed by atoms with Crippen molar-refractivity contribution in [2.75, 3.05) is 6.54 Å². The van der Waals surface area contributed by atoms with E-state index >= 15 is 0 Å². The summed E-state index contributed by atoms with van der Waals surface area (Å²) in [5.41, 5.74) is -0.162. The molecule has 1 aliphatic rings. The average molecular weight is 320 g/mol. The van der Waals surface area contributed by atoms with Crippen molar-refractivity contribution in [2.24, 2.45) is 0 Å². The maximum absolute atomic E-state index is 12.2. The Labute approximate surface area is 132 Å². The van der Waals surface area contributed by atoms with Crippen molar-refractivity contribution in [3.05, 3.63) is 38.7 Å². The molecule has 0 aliphatic carbocycles. The van der Waals surface area contributed by atoms with Gasteiger partial charge in [-0.25, -0.2) is 9.48 Å². The molecule has 1 N–H and O–H groups in total. The van der Waals surface area contributed by atoms with Gasteiger partial charge in [0.15, 0.2) is 0 Å². The zero-order valence-corrected chi connectivity index (χ0v) is 13.3. The SMILES string of the molecule is O=C(Cn1nc2n(c1=O)CCCCC2)NCCc1cccs1. The predicted octanol–water partition coefficient (Wildman–Crippen LogP) is 1.19. The van der Waals surface area contributed by atoms with Gasteiger partial charge in [-0.3, -0.25) is 9.36 Å². The second-order valence-electron chi connectivity index (χ2n) is 5.50. The van der Waals surface area contributed by atoms with Gasteiger partial charge in [-0.2, -0.15) is 5.10 Å². The van der Waals surface area contributed by atoms with Crippen LogP contribution in [0.15, 0.2) is 22.3 Å². The monoisotopic (exact) mass is 320 g/mol. The molecule has 1 amide bonds. The van der Waals surface area contributed by atoms with Crippen LogP contribution < -0.4 is 11.0 Å². The first-order valence-electron chi connectivity index (χ1n) is 7.69. The van der Waals surface area contributed by atoms with Gasteiger partial charge in [0.25, 0.3) is 0 Å². The number of carbonyl (C=O) groups is 1. The number of aryl methyl sites for hydroxylation is 1. The maximum Gasteiger partial charge on any atom is 0.346 e. The number of thiophene rings is 1. The van der Waals surface area contributed by atoms with Gasteiger partial charge in [0.1, 0.15) is 12.4 Å². The highest BCUT2D eigenvalue weighted by Gasteiger charge is 2.16. The average Bonchev–Trinajstić information content (AvgIpc) is 3.03. The van der Waals surface area contributed by atoms with Crippen LogP contribution in [0.5, 0.6) is 0 Å².